The van der Waals surface area contributed by atoms with Crippen molar-refractivity contribution >= 4 is 22.4 Å². The lowest BCUT2D eigenvalue weighted by molar-refractivity contribution is 0.288. The first-order valence-electron chi connectivity index (χ1n) is 10.6. The molecular weight excluding hydrogens is 426 g/mol. The van der Waals surface area contributed by atoms with Crippen molar-refractivity contribution in [1.29, 1.82) is 0 Å². The average Bonchev–Trinajstić information content (AvgIpc) is 3.35. The number of fused-ring (bicyclic) bond motifs is 1. The second-order valence-corrected chi connectivity index (χ2v) is 8.12. The molecule has 0 bridgehead atoms. The number of aromatic nitrogens is 3. The fraction of sp³-hybridized carbons (Fsp3) is 0.292. The molecule has 0 N–H and O–H groups in total. The molecule has 0 fully saturated rings. The summed E-state index contributed by atoms with van der Waals surface area (Å²) in [6.07, 6.45) is 3.87. The molecule has 0 aliphatic carbocycles. The minimum Gasteiger partial charge on any atom is -0.494 e. The van der Waals surface area contributed by atoms with Gasteiger partial charge in [0.25, 0.3) is 5.56 Å². The van der Waals surface area contributed by atoms with Gasteiger partial charge in [-0.25, -0.2) is 0 Å². The number of unbranched alkanes of at least 4 members (excludes halogenated alkanes) is 1. The van der Waals surface area contributed by atoms with Crippen molar-refractivity contribution in [3.63, 3.8) is 0 Å². The molecule has 0 saturated carbocycles. The van der Waals surface area contributed by atoms with Gasteiger partial charge in [-0.1, -0.05) is 30.7 Å². The summed E-state index contributed by atoms with van der Waals surface area (Å²) in [4.78, 5) is 18.0. The molecular formula is C24H25N3O4S. The van der Waals surface area contributed by atoms with Crippen molar-refractivity contribution in [2.75, 3.05) is 20.3 Å². The van der Waals surface area contributed by atoms with Crippen molar-refractivity contribution < 1.29 is 14.2 Å². The molecule has 0 unspecified atom stereocenters. The van der Waals surface area contributed by atoms with Gasteiger partial charge in [0.1, 0.15) is 5.75 Å². The number of hydrogen-bond donors (Lipinski definition) is 0. The van der Waals surface area contributed by atoms with Gasteiger partial charge >= 0.3 is 0 Å². The van der Waals surface area contributed by atoms with Crippen LogP contribution in [0.3, 0.4) is 0 Å². The molecule has 0 atom stereocenters. The topological polar surface area (TPSA) is 75.0 Å². The summed E-state index contributed by atoms with van der Waals surface area (Å²) in [5, 5.41) is 4.41. The molecule has 0 amide bonds. The van der Waals surface area contributed by atoms with Gasteiger partial charge in [0.05, 0.1) is 24.9 Å². The minimum atomic E-state index is -0.197. The molecule has 2 aromatic heterocycles. The Kier molecular flexibility index (Phi) is 6.70. The Morgan fingerprint density at radius 1 is 1.06 bits per heavy atom. The number of methoxy groups -OCH3 is 1. The van der Waals surface area contributed by atoms with E-state index in [1.165, 1.54) is 15.9 Å². The molecule has 0 saturated heterocycles. The molecule has 0 radical (unpaired) electrons. The quantitative estimate of drug-likeness (QED) is 0.359. The highest BCUT2D eigenvalue weighted by atomic mass is 32.1. The molecule has 4 aromatic rings. The Balaban J connectivity index is 1.62. The summed E-state index contributed by atoms with van der Waals surface area (Å²) in [6, 6.07) is 13.2. The first-order valence-corrected chi connectivity index (χ1v) is 11.4. The number of nitrogens with zero attached hydrogens (tertiary/aromatic N) is 3. The number of ether oxygens (including phenoxy) is 3. The highest BCUT2D eigenvalue weighted by molar-refractivity contribution is 7.15. The third kappa shape index (κ3) is 4.60. The minimum absolute atomic E-state index is 0.197. The summed E-state index contributed by atoms with van der Waals surface area (Å²) in [6.45, 7) is 5.31. The van der Waals surface area contributed by atoms with Crippen molar-refractivity contribution in [1.82, 2.24) is 14.6 Å². The normalized spacial score (nSPS) is 11.8. The fourth-order valence-corrected chi connectivity index (χ4v) is 4.10. The standard InChI is InChI=1S/C24H25N3O4S/c1-4-6-13-31-19-12-7-16(14-20(19)29-3)15-21-23(28)27-24(32-21)25-22(26-27)17-8-10-18(11-9-17)30-5-2/h7-12,14-15H,4-6,13H2,1-3H3/b21-15+. The van der Waals surface area contributed by atoms with Crippen LogP contribution in [0.15, 0.2) is 47.3 Å². The summed E-state index contributed by atoms with van der Waals surface area (Å²) >= 11 is 1.30. The van der Waals surface area contributed by atoms with Gasteiger partial charge < -0.3 is 14.2 Å². The monoisotopic (exact) mass is 451 g/mol. The molecule has 4 rings (SSSR count). The van der Waals surface area contributed by atoms with Crippen LogP contribution in [0.25, 0.3) is 22.4 Å². The van der Waals surface area contributed by atoms with Gasteiger partial charge in [0, 0.05) is 5.56 Å². The van der Waals surface area contributed by atoms with E-state index in [2.05, 4.69) is 17.0 Å². The van der Waals surface area contributed by atoms with Crippen molar-refractivity contribution in [3.05, 3.63) is 62.9 Å². The van der Waals surface area contributed by atoms with Crippen LogP contribution in [-0.2, 0) is 0 Å². The third-order valence-electron chi connectivity index (χ3n) is 4.85. The average molecular weight is 452 g/mol. The van der Waals surface area contributed by atoms with Crippen molar-refractivity contribution in [2.24, 2.45) is 0 Å². The Morgan fingerprint density at radius 2 is 1.88 bits per heavy atom. The molecule has 0 spiro atoms. The van der Waals surface area contributed by atoms with Crippen LogP contribution in [0.1, 0.15) is 32.3 Å². The second kappa shape index (κ2) is 9.82. The number of thiazole rings is 1. The van der Waals surface area contributed by atoms with Crippen LogP contribution < -0.4 is 24.3 Å². The largest absolute Gasteiger partial charge is 0.494 e. The molecule has 2 heterocycles. The van der Waals surface area contributed by atoms with E-state index in [0.717, 1.165) is 29.7 Å². The maximum absolute atomic E-state index is 12.9. The second-order valence-electron chi connectivity index (χ2n) is 7.12. The Hall–Kier alpha value is -3.39. The SMILES string of the molecule is CCCCOc1ccc(/C=c2/sc3nc(-c4ccc(OCC)cc4)nn3c2=O)cc1OC. The van der Waals surface area contributed by atoms with Crippen LogP contribution >= 0.6 is 11.3 Å². The molecule has 166 valence electrons. The van der Waals surface area contributed by atoms with E-state index < -0.39 is 0 Å². The maximum Gasteiger partial charge on any atom is 0.291 e. The Bertz CT molecular complexity index is 1310. The van der Waals surface area contributed by atoms with Gasteiger partial charge in [-0.3, -0.25) is 4.79 Å². The first-order chi connectivity index (χ1) is 15.6. The van der Waals surface area contributed by atoms with E-state index in [0.29, 0.717) is 40.0 Å². The zero-order valence-corrected chi connectivity index (χ0v) is 19.1. The summed E-state index contributed by atoms with van der Waals surface area (Å²) in [5.74, 6) is 2.64. The van der Waals surface area contributed by atoms with Crippen LogP contribution in [0.2, 0.25) is 0 Å². The summed E-state index contributed by atoms with van der Waals surface area (Å²) in [7, 11) is 1.61. The van der Waals surface area contributed by atoms with Crippen LogP contribution in [-0.4, -0.2) is 34.9 Å². The van der Waals surface area contributed by atoms with Gasteiger partial charge in [-0.2, -0.15) is 9.50 Å². The predicted molar refractivity (Wildman–Crippen MR) is 126 cm³/mol. The smallest absolute Gasteiger partial charge is 0.291 e. The molecule has 32 heavy (non-hydrogen) atoms. The van der Waals surface area contributed by atoms with Crippen LogP contribution in [0.4, 0.5) is 0 Å². The number of benzene rings is 2. The lowest BCUT2D eigenvalue weighted by Gasteiger charge is -2.10. The zero-order valence-electron chi connectivity index (χ0n) is 18.3. The predicted octanol–water partition coefficient (Wildman–Crippen LogP) is 3.95. The van der Waals surface area contributed by atoms with Gasteiger partial charge in [-0.05, 0) is 61.4 Å². The van der Waals surface area contributed by atoms with E-state index in [-0.39, 0.29) is 5.56 Å². The Morgan fingerprint density at radius 3 is 2.56 bits per heavy atom. The van der Waals surface area contributed by atoms with Crippen molar-refractivity contribution in [2.45, 2.75) is 26.7 Å². The zero-order chi connectivity index (χ0) is 22.5. The van der Waals surface area contributed by atoms with Crippen molar-refractivity contribution in [3.8, 4) is 28.6 Å². The third-order valence-corrected chi connectivity index (χ3v) is 5.81. The summed E-state index contributed by atoms with van der Waals surface area (Å²) in [5.41, 5.74) is 1.48. The molecule has 7 nitrogen and oxygen atoms in total. The molecule has 0 aliphatic rings. The van der Waals surface area contributed by atoms with Gasteiger partial charge in [-0.15, -0.1) is 5.10 Å². The van der Waals surface area contributed by atoms with Crippen LogP contribution in [0.5, 0.6) is 17.2 Å². The number of hydrogen-bond acceptors (Lipinski definition) is 7. The highest BCUT2D eigenvalue weighted by Crippen LogP contribution is 2.28. The van der Waals surface area contributed by atoms with E-state index in [1.54, 1.807) is 7.11 Å². The Labute approximate surface area is 189 Å². The first kappa shape index (κ1) is 21.8. The maximum atomic E-state index is 12.9. The highest BCUT2D eigenvalue weighted by Gasteiger charge is 2.12. The molecule has 8 heteroatoms. The molecule has 2 aromatic carbocycles. The fourth-order valence-electron chi connectivity index (χ4n) is 3.19. The number of rotatable bonds is 9. The molecule has 0 aliphatic heterocycles. The van der Waals surface area contributed by atoms with E-state index in [9.17, 15) is 4.79 Å². The summed E-state index contributed by atoms with van der Waals surface area (Å²) < 4.78 is 18.6. The van der Waals surface area contributed by atoms with Gasteiger partial charge in [0.15, 0.2) is 17.3 Å². The van der Waals surface area contributed by atoms with Gasteiger partial charge in [0.2, 0.25) is 4.96 Å². The lowest BCUT2D eigenvalue weighted by atomic mass is 10.2. The van der Waals surface area contributed by atoms with E-state index >= 15 is 0 Å². The van der Waals surface area contributed by atoms with Crippen LogP contribution in [0, 0.1) is 0 Å². The van der Waals surface area contributed by atoms with E-state index in [4.69, 9.17) is 14.2 Å². The lowest BCUT2D eigenvalue weighted by Crippen LogP contribution is -2.23. The van der Waals surface area contributed by atoms with E-state index in [1.807, 2.05) is 55.5 Å².